The molecule has 0 fully saturated rings. The highest BCUT2D eigenvalue weighted by Gasteiger charge is 2.13. The molecule has 0 bridgehead atoms. The molecule has 0 unspecified atom stereocenters. The van der Waals surface area contributed by atoms with Crippen molar-refractivity contribution in [1.82, 2.24) is 9.78 Å². The number of hydrogen-bond donors (Lipinski definition) is 2. The second-order valence-electron chi connectivity index (χ2n) is 4.05. The minimum absolute atomic E-state index is 0.0543. The maximum atomic E-state index is 8.66. The lowest BCUT2D eigenvalue weighted by Gasteiger charge is -2.08. The Morgan fingerprint density at radius 3 is 2.63 bits per heavy atom. The smallest absolute Gasteiger partial charge is 0.170 e. The molecule has 3 N–H and O–H groups in total. The Balaban J connectivity index is 2.55. The Morgan fingerprint density at radius 1 is 1.47 bits per heavy atom. The topological polar surface area (TPSA) is 76.4 Å². The van der Waals surface area contributed by atoms with E-state index in [-0.39, 0.29) is 5.84 Å². The van der Waals surface area contributed by atoms with Gasteiger partial charge in [0.2, 0.25) is 0 Å². The monoisotopic (exact) mass is 342 g/mol. The zero-order valence-corrected chi connectivity index (χ0v) is 12.7. The molecule has 0 saturated heterocycles. The molecule has 0 spiro atoms. The minimum atomic E-state index is 0.0543. The molecule has 7 heteroatoms. The van der Waals surface area contributed by atoms with E-state index in [0.717, 1.165) is 21.5 Å². The zero-order valence-electron chi connectivity index (χ0n) is 10.4. The zero-order chi connectivity index (χ0) is 14.2. The number of rotatable bonds is 2. The van der Waals surface area contributed by atoms with Crippen LogP contribution in [0.25, 0.3) is 5.69 Å². The molecule has 1 heterocycles. The first kappa shape index (κ1) is 13.9. The number of nitrogens with two attached hydrogens (primary N) is 1. The van der Waals surface area contributed by atoms with Crippen LogP contribution in [0.15, 0.2) is 27.8 Å². The SMILES string of the molecule is Cc1nn(-c2ccc(/C(N)=N/O)cc2Br)c(C)c1Cl. The molecule has 2 aromatic rings. The number of benzene rings is 1. The molecule has 0 atom stereocenters. The molecule has 1 aromatic carbocycles. The van der Waals surface area contributed by atoms with Crippen molar-refractivity contribution in [2.45, 2.75) is 13.8 Å². The van der Waals surface area contributed by atoms with Crippen LogP contribution in [0.2, 0.25) is 5.02 Å². The summed E-state index contributed by atoms with van der Waals surface area (Å²) in [6.45, 7) is 3.75. The molecule has 0 aliphatic heterocycles. The Hall–Kier alpha value is -1.53. The van der Waals surface area contributed by atoms with Crippen molar-refractivity contribution in [2.75, 3.05) is 0 Å². The van der Waals surface area contributed by atoms with E-state index in [4.69, 9.17) is 22.5 Å². The second kappa shape index (κ2) is 5.22. The van der Waals surface area contributed by atoms with Gasteiger partial charge < -0.3 is 10.9 Å². The fourth-order valence-electron chi connectivity index (χ4n) is 1.75. The molecule has 0 radical (unpaired) electrons. The summed E-state index contributed by atoms with van der Waals surface area (Å²) in [5.41, 5.74) is 8.63. The average molecular weight is 344 g/mol. The first-order valence-electron chi connectivity index (χ1n) is 5.45. The van der Waals surface area contributed by atoms with Crippen molar-refractivity contribution in [3.8, 4) is 5.69 Å². The number of aryl methyl sites for hydroxylation is 1. The third-order valence-corrected chi connectivity index (χ3v) is 3.96. The standard InChI is InChI=1S/C12H12BrClN4O/c1-6-11(14)7(2)18(16-6)10-4-3-8(5-9(10)13)12(15)17-19/h3-5,19H,1-2H3,(H2,15,17). The molecule has 0 saturated carbocycles. The van der Waals surface area contributed by atoms with Crippen molar-refractivity contribution < 1.29 is 5.21 Å². The van der Waals surface area contributed by atoms with Gasteiger partial charge in [-0.3, -0.25) is 0 Å². The van der Waals surface area contributed by atoms with Crippen LogP contribution in [-0.2, 0) is 0 Å². The van der Waals surface area contributed by atoms with E-state index in [0.29, 0.717) is 10.6 Å². The highest BCUT2D eigenvalue weighted by atomic mass is 79.9. The first-order chi connectivity index (χ1) is 8.95. The third kappa shape index (κ3) is 2.46. The Kier molecular flexibility index (Phi) is 3.82. The molecule has 19 heavy (non-hydrogen) atoms. The summed E-state index contributed by atoms with van der Waals surface area (Å²) in [5.74, 6) is 0.0543. The predicted octanol–water partition coefficient (Wildman–Crippen LogP) is 3.00. The number of aromatic nitrogens is 2. The van der Waals surface area contributed by atoms with Crippen LogP contribution in [0.5, 0.6) is 0 Å². The Labute approximate surface area is 123 Å². The van der Waals surface area contributed by atoms with Gasteiger partial charge in [0.15, 0.2) is 5.84 Å². The lowest BCUT2D eigenvalue weighted by molar-refractivity contribution is 0.318. The molecular formula is C12H12BrClN4O. The van der Waals surface area contributed by atoms with E-state index in [2.05, 4.69) is 26.2 Å². The van der Waals surface area contributed by atoms with E-state index < -0.39 is 0 Å². The van der Waals surface area contributed by atoms with Gasteiger partial charge >= 0.3 is 0 Å². The van der Waals surface area contributed by atoms with Crippen LogP contribution in [-0.4, -0.2) is 20.8 Å². The molecule has 5 nitrogen and oxygen atoms in total. The van der Waals surface area contributed by atoms with Gasteiger partial charge in [-0.2, -0.15) is 5.10 Å². The van der Waals surface area contributed by atoms with E-state index in [9.17, 15) is 0 Å². The fourth-order valence-corrected chi connectivity index (χ4v) is 2.42. The molecule has 0 amide bonds. The predicted molar refractivity (Wildman–Crippen MR) is 78.3 cm³/mol. The quantitative estimate of drug-likeness (QED) is 0.381. The van der Waals surface area contributed by atoms with E-state index in [1.54, 1.807) is 16.8 Å². The number of hydrogen-bond acceptors (Lipinski definition) is 3. The summed E-state index contributed by atoms with van der Waals surface area (Å²) < 4.78 is 2.52. The van der Waals surface area contributed by atoms with Crippen molar-refractivity contribution in [1.29, 1.82) is 0 Å². The lowest BCUT2D eigenvalue weighted by atomic mass is 10.2. The van der Waals surface area contributed by atoms with Gasteiger partial charge in [-0.05, 0) is 48.0 Å². The number of amidine groups is 1. The summed E-state index contributed by atoms with van der Waals surface area (Å²) in [7, 11) is 0. The van der Waals surface area contributed by atoms with E-state index >= 15 is 0 Å². The number of halogens is 2. The van der Waals surface area contributed by atoms with Crippen molar-refractivity contribution in [2.24, 2.45) is 10.9 Å². The van der Waals surface area contributed by atoms with Gasteiger partial charge in [0.1, 0.15) is 0 Å². The normalized spacial score (nSPS) is 11.9. The van der Waals surface area contributed by atoms with Crippen LogP contribution in [0.1, 0.15) is 17.0 Å². The lowest BCUT2D eigenvalue weighted by Crippen LogP contribution is -2.13. The van der Waals surface area contributed by atoms with Crippen LogP contribution in [0.4, 0.5) is 0 Å². The van der Waals surface area contributed by atoms with Gasteiger partial charge in [0, 0.05) is 10.0 Å². The highest BCUT2D eigenvalue weighted by molar-refractivity contribution is 9.10. The second-order valence-corrected chi connectivity index (χ2v) is 5.28. The Morgan fingerprint density at radius 2 is 2.16 bits per heavy atom. The van der Waals surface area contributed by atoms with Crippen LogP contribution in [0.3, 0.4) is 0 Å². The van der Waals surface area contributed by atoms with Crippen LogP contribution < -0.4 is 5.73 Å². The van der Waals surface area contributed by atoms with Gasteiger partial charge in [-0.1, -0.05) is 16.8 Å². The molecular weight excluding hydrogens is 332 g/mol. The van der Waals surface area contributed by atoms with E-state index in [1.807, 2.05) is 19.9 Å². The van der Waals surface area contributed by atoms with Crippen molar-refractivity contribution in [3.05, 3.63) is 44.6 Å². The molecule has 0 aliphatic rings. The summed E-state index contributed by atoms with van der Waals surface area (Å²) in [6.07, 6.45) is 0. The summed E-state index contributed by atoms with van der Waals surface area (Å²) in [5, 5.41) is 16.7. The molecule has 100 valence electrons. The Bertz CT molecular complexity index is 666. The van der Waals surface area contributed by atoms with Gasteiger partial charge in [-0.25, -0.2) is 4.68 Å². The largest absolute Gasteiger partial charge is 0.409 e. The summed E-state index contributed by atoms with van der Waals surface area (Å²) in [4.78, 5) is 0. The van der Waals surface area contributed by atoms with Crippen molar-refractivity contribution in [3.63, 3.8) is 0 Å². The van der Waals surface area contributed by atoms with Crippen LogP contribution in [0, 0.1) is 13.8 Å². The van der Waals surface area contributed by atoms with Crippen LogP contribution >= 0.6 is 27.5 Å². The highest BCUT2D eigenvalue weighted by Crippen LogP contribution is 2.27. The van der Waals surface area contributed by atoms with Gasteiger partial charge in [-0.15, -0.1) is 0 Å². The third-order valence-electron chi connectivity index (χ3n) is 2.78. The summed E-state index contributed by atoms with van der Waals surface area (Å²) in [6, 6.07) is 5.33. The molecule has 2 rings (SSSR count). The van der Waals surface area contributed by atoms with Gasteiger partial charge in [0.25, 0.3) is 0 Å². The summed E-state index contributed by atoms with van der Waals surface area (Å²) >= 11 is 9.59. The molecule has 1 aromatic heterocycles. The van der Waals surface area contributed by atoms with Gasteiger partial charge in [0.05, 0.1) is 22.1 Å². The maximum Gasteiger partial charge on any atom is 0.170 e. The number of oxime groups is 1. The average Bonchev–Trinajstić information content (AvgIpc) is 2.65. The minimum Gasteiger partial charge on any atom is -0.409 e. The first-order valence-corrected chi connectivity index (χ1v) is 6.62. The van der Waals surface area contributed by atoms with Crippen molar-refractivity contribution >= 4 is 33.4 Å². The fraction of sp³-hybridized carbons (Fsp3) is 0.167. The van der Waals surface area contributed by atoms with E-state index in [1.165, 1.54) is 0 Å². The maximum absolute atomic E-state index is 8.66. The molecule has 0 aliphatic carbocycles. The number of nitrogens with zero attached hydrogens (tertiary/aromatic N) is 3.